The molecule has 0 amide bonds. The van der Waals surface area contributed by atoms with Crippen LogP contribution in [0.3, 0.4) is 0 Å². The Kier molecular flexibility index (Phi) is 4.42. The molecule has 1 unspecified atom stereocenters. The lowest BCUT2D eigenvalue weighted by Crippen LogP contribution is -2.31. The topological polar surface area (TPSA) is 107 Å². The Morgan fingerprint density at radius 1 is 1.41 bits per heavy atom. The molecule has 1 aromatic carbocycles. The second kappa shape index (κ2) is 6.64. The molecule has 3 heterocycles. The molecule has 2 aromatic rings. The number of phenolic OH excluding ortho intramolecular Hbond substituents is 1. The summed E-state index contributed by atoms with van der Waals surface area (Å²) in [6, 6.07) is 3.02. The Bertz CT molecular complexity index is 959. The average Bonchev–Trinajstić information content (AvgIpc) is 3.27. The fourth-order valence-corrected chi connectivity index (χ4v) is 5.28. The van der Waals surface area contributed by atoms with Gasteiger partial charge in [-0.15, -0.1) is 10.2 Å². The van der Waals surface area contributed by atoms with Crippen LogP contribution < -0.4 is 9.75 Å². The number of aromatic hydroxyl groups is 1. The molecule has 1 aromatic heterocycles. The van der Waals surface area contributed by atoms with E-state index in [-0.39, 0.29) is 16.8 Å². The first-order chi connectivity index (χ1) is 12.9. The number of thioether (sulfide) groups is 2. The van der Waals surface area contributed by atoms with Gasteiger partial charge in [-0.05, 0) is 29.3 Å². The van der Waals surface area contributed by atoms with E-state index in [0.29, 0.717) is 11.5 Å². The van der Waals surface area contributed by atoms with E-state index in [1.54, 1.807) is 6.07 Å². The van der Waals surface area contributed by atoms with Crippen molar-refractivity contribution in [2.45, 2.75) is 30.8 Å². The molecule has 27 heavy (non-hydrogen) atoms. The van der Waals surface area contributed by atoms with Crippen molar-refractivity contribution in [3.8, 4) is 11.5 Å². The maximum Gasteiger partial charge on any atom is 0.315 e. The van der Waals surface area contributed by atoms with E-state index in [4.69, 9.17) is 4.74 Å². The third kappa shape index (κ3) is 2.90. The lowest BCUT2D eigenvalue weighted by Gasteiger charge is -2.26. The SMILES string of the molecule is COc1cc(C2SC=C3Sc4nnc(CC(C)C)n4N32)cc([N+](=O)[O-])c1O. The minimum atomic E-state index is -0.609. The molecule has 0 bridgehead atoms. The van der Waals surface area contributed by atoms with Gasteiger partial charge in [0.2, 0.25) is 10.9 Å². The third-order valence-electron chi connectivity index (χ3n) is 4.20. The molecule has 0 saturated carbocycles. The van der Waals surface area contributed by atoms with Gasteiger partial charge >= 0.3 is 5.69 Å². The van der Waals surface area contributed by atoms with E-state index in [2.05, 4.69) is 24.0 Å². The summed E-state index contributed by atoms with van der Waals surface area (Å²) in [5, 5.41) is 35.5. The Morgan fingerprint density at radius 2 is 2.19 bits per heavy atom. The minimum absolute atomic E-state index is 0.0754. The first-order valence-corrected chi connectivity index (χ1v) is 9.99. The van der Waals surface area contributed by atoms with Crippen molar-refractivity contribution < 1.29 is 14.8 Å². The molecule has 2 aliphatic rings. The lowest BCUT2D eigenvalue weighted by molar-refractivity contribution is -0.386. The number of ether oxygens (including phenoxy) is 1. The smallest absolute Gasteiger partial charge is 0.315 e. The summed E-state index contributed by atoms with van der Waals surface area (Å²) in [6.45, 7) is 4.23. The number of hydrogen-bond donors (Lipinski definition) is 1. The van der Waals surface area contributed by atoms with E-state index >= 15 is 0 Å². The normalized spacial score (nSPS) is 17.9. The highest BCUT2D eigenvalue weighted by Crippen LogP contribution is 2.53. The zero-order valence-corrected chi connectivity index (χ0v) is 16.5. The van der Waals surface area contributed by atoms with Gasteiger partial charge in [-0.25, -0.2) is 4.68 Å². The number of nitro groups is 1. The lowest BCUT2D eigenvalue weighted by atomic mass is 10.1. The summed E-state index contributed by atoms with van der Waals surface area (Å²) in [5.41, 5.74) is 0.280. The van der Waals surface area contributed by atoms with E-state index < -0.39 is 10.7 Å². The van der Waals surface area contributed by atoms with Crippen molar-refractivity contribution in [1.82, 2.24) is 14.9 Å². The summed E-state index contributed by atoms with van der Waals surface area (Å²) >= 11 is 3.05. The molecule has 2 aliphatic heterocycles. The number of aromatic nitrogens is 3. The Balaban J connectivity index is 1.78. The van der Waals surface area contributed by atoms with Crippen LogP contribution in [0.4, 0.5) is 5.69 Å². The zero-order valence-electron chi connectivity index (χ0n) is 14.8. The number of nitro benzene ring substituents is 1. The fraction of sp³-hybridized carbons (Fsp3) is 0.375. The number of nitrogens with zero attached hydrogens (tertiary/aromatic N) is 5. The van der Waals surface area contributed by atoms with Crippen molar-refractivity contribution >= 4 is 29.2 Å². The Hall–Kier alpha value is -2.40. The van der Waals surface area contributed by atoms with Gasteiger partial charge in [0.1, 0.15) is 10.4 Å². The van der Waals surface area contributed by atoms with E-state index in [1.165, 1.54) is 36.7 Å². The molecule has 0 radical (unpaired) electrons. The molecule has 0 aliphatic carbocycles. The molecule has 0 saturated heterocycles. The predicted molar refractivity (Wildman–Crippen MR) is 102 cm³/mol. The van der Waals surface area contributed by atoms with Crippen LogP contribution >= 0.6 is 23.5 Å². The molecule has 0 spiro atoms. The van der Waals surface area contributed by atoms with Crippen LogP contribution in [0.2, 0.25) is 0 Å². The number of hydrogen-bond acceptors (Lipinski definition) is 9. The molecule has 0 fully saturated rings. The molecule has 4 rings (SSSR count). The first kappa shape index (κ1) is 18.0. The highest BCUT2D eigenvalue weighted by molar-refractivity contribution is 8.07. The second-order valence-electron chi connectivity index (χ2n) is 6.55. The molecule has 1 N–H and O–H groups in total. The second-order valence-corrected chi connectivity index (χ2v) is 8.49. The highest BCUT2D eigenvalue weighted by atomic mass is 32.2. The summed E-state index contributed by atoms with van der Waals surface area (Å²) in [6.07, 6.45) is 0.772. The van der Waals surface area contributed by atoms with Crippen molar-refractivity contribution in [1.29, 1.82) is 0 Å². The average molecular weight is 407 g/mol. The summed E-state index contributed by atoms with van der Waals surface area (Å²) in [7, 11) is 1.37. The van der Waals surface area contributed by atoms with Gasteiger partial charge in [-0.3, -0.25) is 15.1 Å². The number of phenols is 1. The quantitative estimate of drug-likeness (QED) is 0.589. The fourth-order valence-electron chi connectivity index (χ4n) is 3.06. The molecular weight excluding hydrogens is 390 g/mol. The summed E-state index contributed by atoms with van der Waals surface area (Å²) in [5.74, 6) is 0.874. The number of methoxy groups -OCH3 is 1. The van der Waals surface area contributed by atoms with Crippen molar-refractivity contribution in [2.75, 3.05) is 12.1 Å². The van der Waals surface area contributed by atoms with Gasteiger partial charge in [-0.2, -0.15) is 0 Å². The van der Waals surface area contributed by atoms with Crippen molar-refractivity contribution in [2.24, 2.45) is 5.92 Å². The van der Waals surface area contributed by atoms with Gasteiger partial charge < -0.3 is 9.84 Å². The summed E-state index contributed by atoms with van der Waals surface area (Å²) < 4.78 is 7.12. The van der Waals surface area contributed by atoms with Crippen LogP contribution in [0.15, 0.2) is 27.7 Å². The molecule has 11 heteroatoms. The van der Waals surface area contributed by atoms with Crippen LogP contribution in [-0.4, -0.2) is 32.0 Å². The maximum atomic E-state index is 11.3. The van der Waals surface area contributed by atoms with Crippen LogP contribution in [0.5, 0.6) is 11.5 Å². The van der Waals surface area contributed by atoms with Gasteiger partial charge in [0, 0.05) is 17.9 Å². The minimum Gasteiger partial charge on any atom is -0.500 e. The zero-order chi connectivity index (χ0) is 19.3. The van der Waals surface area contributed by atoms with Crippen LogP contribution in [0.1, 0.15) is 30.6 Å². The van der Waals surface area contributed by atoms with Crippen LogP contribution in [0.25, 0.3) is 0 Å². The maximum absolute atomic E-state index is 11.3. The molecule has 142 valence electrons. The molecular formula is C16H17N5O4S2. The monoisotopic (exact) mass is 407 g/mol. The third-order valence-corrected chi connectivity index (χ3v) is 6.39. The predicted octanol–water partition coefficient (Wildman–Crippen LogP) is 3.39. The van der Waals surface area contributed by atoms with Gasteiger partial charge in [0.15, 0.2) is 11.6 Å². The standard InChI is InChI=1S/C16H17N5O4S2/c1-8(2)4-12-17-18-16-19(12)20-13(27-16)7-26-15(20)9-5-10(21(23)24)14(22)11(6-9)25-3/h5-8,15,22H,4H2,1-3H3. The van der Waals surface area contributed by atoms with Gasteiger partial charge in [-0.1, -0.05) is 25.6 Å². The highest BCUT2D eigenvalue weighted by Gasteiger charge is 2.40. The molecule has 9 nitrogen and oxygen atoms in total. The molecule has 1 atom stereocenters. The van der Waals surface area contributed by atoms with E-state index in [9.17, 15) is 15.2 Å². The Labute approximate surface area is 163 Å². The van der Waals surface area contributed by atoms with E-state index in [1.807, 2.05) is 15.1 Å². The van der Waals surface area contributed by atoms with Crippen LogP contribution in [-0.2, 0) is 6.42 Å². The Morgan fingerprint density at radius 3 is 2.85 bits per heavy atom. The van der Waals surface area contributed by atoms with Crippen molar-refractivity contribution in [3.63, 3.8) is 0 Å². The number of fused-ring (bicyclic) bond motifs is 3. The largest absolute Gasteiger partial charge is 0.500 e. The number of rotatable bonds is 5. The van der Waals surface area contributed by atoms with Crippen LogP contribution in [0, 0.1) is 16.0 Å². The van der Waals surface area contributed by atoms with Gasteiger partial charge in [0.05, 0.1) is 12.0 Å². The first-order valence-electron chi connectivity index (χ1n) is 8.23. The number of benzene rings is 1. The van der Waals surface area contributed by atoms with Crippen molar-refractivity contribution in [3.05, 3.63) is 44.1 Å². The summed E-state index contributed by atoms with van der Waals surface area (Å²) in [4.78, 5) is 10.7. The van der Waals surface area contributed by atoms with E-state index in [0.717, 1.165) is 22.4 Å². The van der Waals surface area contributed by atoms with Gasteiger partial charge in [0.25, 0.3) is 0 Å².